The Morgan fingerprint density at radius 3 is 1.47 bits per heavy atom. The number of hydrogen-bond acceptors (Lipinski definition) is 1. The van der Waals surface area contributed by atoms with Gasteiger partial charge >= 0.3 is 0 Å². The molecule has 0 radical (unpaired) electrons. The van der Waals surface area contributed by atoms with Crippen molar-refractivity contribution in [3.05, 3.63) is 216 Å². The van der Waals surface area contributed by atoms with Crippen LogP contribution in [0.5, 0.6) is 0 Å². The summed E-state index contributed by atoms with van der Waals surface area (Å²) in [5.41, 5.74) is 19.9. The minimum absolute atomic E-state index is 0.136. The predicted octanol–water partition coefficient (Wildman–Crippen LogP) is 15.7. The fourth-order valence-electron chi connectivity index (χ4n) is 10.9. The normalized spacial score (nSPS) is 14.3. The molecule has 0 amide bonds. The number of fused-ring (bicyclic) bond motifs is 10. The van der Waals surface area contributed by atoms with Crippen molar-refractivity contribution in [1.82, 2.24) is 4.57 Å². The number of benzene rings is 9. The molecule has 0 aliphatic heterocycles. The smallest absolute Gasteiger partial charge is 0.0543 e. The third kappa shape index (κ3) is 4.82. The van der Waals surface area contributed by atoms with Gasteiger partial charge in [0.25, 0.3) is 0 Å². The molecule has 0 saturated heterocycles. The maximum atomic E-state index is 2.58. The highest BCUT2D eigenvalue weighted by molar-refractivity contribution is 6.10. The van der Waals surface area contributed by atoms with E-state index in [0.717, 1.165) is 11.4 Å². The summed E-state index contributed by atoms with van der Waals surface area (Å²) in [7, 11) is 0. The lowest BCUT2D eigenvalue weighted by atomic mass is 9.82. The summed E-state index contributed by atoms with van der Waals surface area (Å²) in [6.45, 7) is 9.51. The summed E-state index contributed by atoms with van der Waals surface area (Å²) >= 11 is 0. The molecule has 2 aliphatic carbocycles. The van der Waals surface area contributed by atoms with Crippen LogP contribution in [0.2, 0.25) is 0 Å². The van der Waals surface area contributed by atoms with Crippen LogP contribution in [-0.4, -0.2) is 4.57 Å². The Morgan fingerprint density at radius 2 is 0.883 bits per heavy atom. The summed E-state index contributed by atoms with van der Waals surface area (Å²) in [6, 6.07) is 72.4. The lowest BCUT2D eigenvalue weighted by Crippen LogP contribution is -2.17. The number of nitrogens with zero attached hydrogens (tertiary/aromatic N) is 2. The van der Waals surface area contributed by atoms with Crippen LogP contribution in [0.25, 0.3) is 71.6 Å². The lowest BCUT2D eigenvalue weighted by molar-refractivity contribution is 0.660. The molecule has 0 N–H and O–H groups in total. The maximum Gasteiger partial charge on any atom is 0.0543 e. The van der Waals surface area contributed by atoms with Crippen molar-refractivity contribution in [3.8, 4) is 39.1 Å². The quantitative estimate of drug-likeness (QED) is 0.169. The summed E-state index contributed by atoms with van der Waals surface area (Å²) < 4.78 is 2.43. The zero-order valence-electron chi connectivity index (χ0n) is 34.4. The van der Waals surface area contributed by atoms with E-state index in [-0.39, 0.29) is 10.8 Å². The van der Waals surface area contributed by atoms with E-state index in [1.54, 1.807) is 0 Å². The molecular weight excluding hydrogens is 725 g/mol. The molecule has 0 bridgehead atoms. The van der Waals surface area contributed by atoms with Crippen molar-refractivity contribution < 1.29 is 0 Å². The van der Waals surface area contributed by atoms with Gasteiger partial charge in [-0.15, -0.1) is 0 Å². The molecule has 10 aromatic rings. The van der Waals surface area contributed by atoms with Crippen LogP contribution in [0, 0.1) is 0 Å². The van der Waals surface area contributed by atoms with Crippen LogP contribution < -0.4 is 4.90 Å². The molecule has 60 heavy (non-hydrogen) atoms. The van der Waals surface area contributed by atoms with Gasteiger partial charge in [-0.2, -0.15) is 0 Å². The van der Waals surface area contributed by atoms with Gasteiger partial charge in [-0.3, -0.25) is 0 Å². The average molecular weight is 769 g/mol. The SMILES string of the molecule is CC1(C)c2ccccc2-c2c(N(c3cc(-c4ccccc4)c4cc(-n5c6ccccc6c6ccccc65)ccc4c3)c3cccc4c3-c3ccccc3C4(C)C)cccc21. The molecule has 12 rings (SSSR count). The second-order valence-corrected chi connectivity index (χ2v) is 17.7. The van der Waals surface area contributed by atoms with Crippen molar-refractivity contribution in [2.45, 2.75) is 38.5 Å². The first-order valence-corrected chi connectivity index (χ1v) is 21.2. The fourth-order valence-corrected chi connectivity index (χ4v) is 10.9. The minimum atomic E-state index is -0.136. The Bertz CT molecular complexity index is 3220. The van der Waals surface area contributed by atoms with Gasteiger partial charge in [-0.05, 0) is 104 Å². The van der Waals surface area contributed by atoms with Crippen molar-refractivity contribution in [2.75, 3.05) is 4.90 Å². The van der Waals surface area contributed by atoms with E-state index in [2.05, 4.69) is 231 Å². The van der Waals surface area contributed by atoms with E-state index in [4.69, 9.17) is 0 Å². The molecule has 0 fully saturated rings. The first-order chi connectivity index (χ1) is 29.3. The molecule has 9 aromatic carbocycles. The summed E-state index contributed by atoms with van der Waals surface area (Å²) in [6.07, 6.45) is 0. The van der Waals surface area contributed by atoms with Gasteiger partial charge in [0, 0.05) is 44.1 Å². The molecular formula is C58H44N2. The average Bonchev–Trinajstić information content (AvgIpc) is 3.84. The number of para-hydroxylation sites is 2. The Labute approximate surface area is 351 Å². The molecule has 0 spiro atoms. The highest BCUT2D eigenvalue weighted by Crippen LogP contribution is 2.58. The van der Waals surface area contributed by atoms with Gasteiger partial charge < -0.3 is 9.47 Å². The summed E-state index contributed by atoms with van der Waals surface area (Å²) in [5, 5.41) is 4.95. The molecule has 0 saturated carbocycles. The van der Waals surface area contributed by atoms with E-state index in [0.29, 0.717) is 0 Å². The Balaban J connectivity index is 1.17. The van der Waals surface area contributed by atoms with Gasteiger partial charge in [0.05, 0.1) is 22.4 Å². The van der Waals surface area contributed by atoms with E-state index in [1.807, 2.05) is 0 Å². The van der Waals surface area contributed by atoms with Crippen molar-refractivity contribution >= 4 is 49.6 Å². The molecule has 1 aromatic heterocycles. The van der Waals surface area contributed by atoms with Crippen LogP contribution in [0.1, 0.15) is 49.9 Å². The van der Waals surface area contributed by atoms with Gasteiger partial charge in [-0.25, -0.2) is 0 Å². The lowest BCUT2D eigenvalue weighted by Gasteiger charge is -2.32. The molecule has 2 nitrogen and oxygen atoms in total. The largest absolute Gasteiger partial charge is 0.309 e. The Kier molecular flexibility index (Phi) is 7.36. The van der Waals surface area contributed by atoms with Crippen LogP contribution >= 0.6 is 0 Å². The Hall–Kier alpha value is -7.16. The van der Waals surface area contributed by atoms with Crippen molar-refractivity contribution in [3.63, 3.8) is 0 Å². The number of aromatic nitrogens is 1. The molecule has 0 unspecified atom stereocenters. The fraction of sp³-hybridized carbons (Fsp3) is 0.103. The standard InChI is InChI=1S/C58H44N2/c1-57(2)47-24-12-8-22-43(47)55-49(57)26-16-30-53(55)60(54-31-17-27-50-56(54)44-23-9-13-25-48(44)58(50,3)4)40-34-38-32-33-39(35-46(38)45(36-40)37-18-6-5-7-19-37)59-51-28-14-10-20-41(51)42-21-11-15-29-52(42)59/h5-36H,1-4H3. The number of hydrogen-bond donors (Lipinski definition) is 0. The monoisotopic (exact) mass is 768 g/mol. The van der Waals surface area contributed by atoms with Gasteiger partial charge in [0.15, 0.2) is 0 Å². The number of rotatable bonds is 5. The third-order valence-corrected chi connectivity index (χ3v) is 13.8. The maximum absolute atomic E-state index is 2.58. The van der Waals surface area contributed by atoms with Crippen molar-refractivity contribution in [2.24, 2.45) is 0 Å². The van der Waals surface area contributed by atoms with E-state index in [9.17, 15) is 0 Å². The second kappa shape index (κ2) is 12.7. The van der Waals surface area contributed by atoms with Gasteiger partial charge in [0.2, 0.25) is 0 Å². The molecule has 2 aliphatic rings. The molecule has 2 heteroatoms. The van der Waals surface area contributed by atoms with Crippen LogP contribution in [0.3, 0.4) is 0 Å². The second-order valence-electron chi connectivity index (χ2n) is 17.7. The first kappa shape index (κ1) is 34.8. The summed E-state index contributed by atoms with van der Waals surface area (Å²) in [4.78, 5) is 2.58. The third-order valence-electron chi connectivity index (χ3n) is 13.8. The first-order valence-electron chi connectivity index (χ1n) is 21.2. The molecule has 286 valence electrons. The topological polar surface area (TPSA) is 8.17 Å². The van der Waals surface area contributed by atoms with Gasteiger partial charge in [0.1, 0.15) is 0 Å². The van der Waals surface area contributed by atoms with Crippen LogP contribution in [0.15, 0.2) is 194 Å². The highest BCUT2D eigenvalue weighted by atomic mass is 15.1. The van der Waals surface area contributed by atoms with Crippen LogP contribution in [0.4, 0.5) is 17.1 Å². The predicted molar refractivity (Wildman–Crippen MR) is 254 cm³/mol. The zero-order chi connectivity index (χ0) is 40.3. The number of anilines is 3. The zero-order valence-corrected chi connectivity index (χ0v) is 34.4. The Morgan fingerprint density at radius 1 is 0.383 bits per heavy atom. The molecule has 0 atom stereocenters. The van der Waals surface area contributed by atoms with Gasteiger partial charge in [-0.1, -0.05) is 173 Å². The van der Waals surface area contributed by atoms with Crippen molar-refractivity contribution in [1.29, 1.82) is 0 Å². The molecule has 1 heterocycles. The van der Waals surface area contributed by atoms with Crippen LogP contribution in [-0.2, 0) is 10.8 Å². The minimum Gasteiger partial charge on any atom is -0.309 e. The van der Waals surface area contributed by atoms with E-state index < -0.39 is 0 Å². The highest BCUT2D eigenvalue weighted by Gasteiger charge is 2.40. The summed E-state index contributed by atoms with van der Waals surface area (Å²) in [5.74, 6) is 0. The van der Waals surface area contributed by atoms with E-state index in [1.165, 1.54) is 99.6 Å². The van der Waals surface area contributed by atoms with E-state index >= 15 is 0 Å².